The largest absolute Gasteiger partial charge is 0.470 e. The second-order valence-electron chi connectivity index (χ2n) is 26.3. The highest BCUT2D eigenvalue weighted by Crippen LogP contribution is 2.41. The predicted octanol–water partition coefficient (Wildman–Crippen LogP) is 36.9. The number of aryl methyl sites for hydroxylation is 11. The summed E-state index contributed by atoms with van der Waals surface area (Å²) in [5.74, 6) is 5.77. The summed E-state index contributed by atoms with van der Waals surface area (Å²) in [6.45, 7) is 22.8. The fraction of sp³-hybridized carbons (Fsp3) is 0.111. The summed E-state index contributed by atoms with van der Waals surface area (Å²) < 4.78 is 29.7. The van der Waals surface area contributed by atoms with Crippen molar-refractivity contribution in [1.82, 2.24) is 0 Å². The molecule has 0 aliphatic rings. The first-order chi connectivity index (χ1) is 56.5. The molecule has 116 heavy (non-hydrogen) atoms. The van der Waals surface area contributed by atoms with Crippen molar-refractivity contribution in [3.8, 4) is 61.7 Å². The molecule has 0 saturated carbocycles. The van der Waals surface area contributed by atoms with Gasteiger partial charge in [0.1, 0.15) is 40.1 Å². The maximum absolute atomic E-state index is 5.47. The van der Waals surface area contributed by atoms with E-state index in [2.05, 4.69) is 258 Å². The molecule has 5 aromatic carbocycles. The fourth-order valence-electron chi connectivity index (χ4n) is 11.4. The van der Waals surface area contributed by atoms with Gasteiger partial charge in [0.05, 0.1) is 15.8 Å². The Kier molecular flexibility index (Phi) is 32.8. The molecule has 17 aromatic heterocycles. The Labute approximate surface area is 732 Å². The lowest BCUT2D eigenvalue weighted by atomic mass is 10.2. The third-order valence-corrected chi connectivity index (χ3v) is 30.3. The second-order valence-corrected chi connectivity index (χ2v) is 41.1. The van der Waals surface area contributed by atoms with Crippen LogP contribution in [-0.4, -0.2) is 0 Å². The Bertz CT molecular complexity index is 6070. The summed E-state index contributed by atoms with van der Waals surface area (Å²) in [5.41, 5.74) is 3.42. The van der Waals surface area contributed by atoms with Crippen LogP contribution >= 0.6 is 147 Å². The lowest BCUT2D eigenvalue weighted by Crippen LogP contribution is -1.69. The molecule has 0 aliphatic carbocycles. The van der Waals surface area contributed by atoms with Crippen molar-refractivity contribution in [2.75, 3.05) is 0 Å². The Morgan fingerprint density at radius 3 is 1.24 bits per heavy atom. The molecule has 0 saturated heterocycles. The first kappa shape index (κ1) is 86.0. The molecule has 0 spiro atoms. The smallest absolute Gasteiger partial charge is 0.144 e. The van der Waals surface area contributed by atoms with Gasteiger partial charge in [0.25, 0.3) is 0 Å². The SMILES string of the molecule is Cc1cc2ccccc2o1.Cc1cc2ccccc2s1.Cc1cc2sc3ccccc3c2s1.Cc1cc2sccc2s1.Cc1ccc(-c2ccc(-c3cccs3)s2)s1.Cc1ccc(-c2ccccc2)o1.Cc1ccc(-c2ccccc2)s1.Cc1ccc(-c2cccs2)o1.Cc1ccc(-c2cccs2)s1.Cc1ccco1.Cc1cccs1. The minimum Gasteiger partial charge on any atom is -0.470 e. The summed E-state index contributed by atoms with van der Waals surface area (Å²) in [6, 6.07) is 103. The van der Waals surface area contributed by atoms with E-state index in [1.165, 1.54) is 123 Å². The topological polar surface area (TPSA) is 52.6 Å². The monoisotopic (exact) mass is 1760 g/mol. The van der Waals surface area contributed by atoms with Crippen LogP contribution in [-0.2, 0) is 0 Å². The zero-order valence-corrected chi connectivity index (χ0v) is 76.8. The summed E-state index contributed by atoms with van der Waals surface area (Å²) in [6.07, 6.45) is 1.66. The summed E-state index contributed by atoms with van der Waals surface area (Å²) in [4.78, 5) is 20.5. The summed E-state index contributed by atoms with van der Waals surface area (Å²) >= 11 is 23.8. The molecular formula is C99H88O4S13. The number of furan rings is 4. The Morgan fingerprint density at radius 2 is 0.716 bits per heavy atom. The van der Waals surface area contributed by atoms with Gasteiger partial charge < -0.3 is 17.7 Å². The molecule has 17 heteroatoms. The maximum atomic E-state index is 5.47. The fourth-order valence-corrected chi connectivity index (χ4v) is 23.4. The van der Waals surface area contributed by atoms with Gasteiger partial charge in [0.2, 0.25) is 0 Å². The van der Waals surface area contributed by atoms with Crippen LogP contribution in [0.4, 0.5) is 0 Å². The normalized spacial score (nSPS) is 10.4. The van der Waals surface area contributed by atoms with Crippen LogP contribution in [0.3, 0.4) is 0 Å². The van der Waals surface area contributed by atoms with E-state index in [-0.39, 0.29) is 0 Å². The van der Waals surface area contributed by atoms with Crippen molar-refractivity contribution in [1.29, 1.82) is 0 Å². The zero-order valence-electron chi connectivity index (χ0n) is 66.2. The van der Waals surface area contributed by atoms with Crippen LogP contribution < -0.4 is 0 Å². The standard InChI is InChI=1S/C13H10S3.C11H10O.C11H8S2.C11H10S.C9H8OS.C9H8O.C9H8S2.C9H8S.C7H6S2.C5H6O.C5H6S/c1-9-4-5-12(15-9)13-7-6-11(16-13)10-3-2-8-14-10;1-9-7-8-11(12-9)10-5-3-2-4-6-10;1-7-6-10-11(12-7)8-4-2-3-5-9(8)13-10;1-9-7-8-11(12-9)10-5-3-2-4-6-10;1-7-4-5-8(10-7)9-3-2-6-11-9;1-7-6-8-4-2-3-5-9(8)10-7;1-7-4-5-9(11-7)8-3-2-6-10-8;1-7-6-8-4-2-3-5-9(8)10-7;1-5-4-7-6(9-5)2-3-8-7;2*1-5-3-2-4-6-5/h2-8H,1H3;2-8H,1H3;2-6H,1H3;2-8H,1H3;2-6H,1H3;2-6H,1H3;2-6H,1H3;2-6H,1H3;2-4H,1H3;2*2-4H,1H3. The van der Waals surface area contributed by atoms with Crippen LogP contribution in [0.2, 0.25) is 0 Å². The average Bonchev–Trinajstić information content (AvgIpc) is 1.63. The Hall–Kier alpha value is -9.38. The number of thiophene rings is 13. The van der Waals surface area contributed by atoms with Crippen molar-refractivity contribution < 1.29 is 17.7 Å². The van der Waals surface area contributed by atoms with Gasteiger partial charge in [-0.15, -0.1) is 147 Å². The maximum Gasteiger partial charge on any atom is 0.144 e. The van der Waals surface area contributed by atoms with Crippen molar-refractivity contribution >= 4 is 197 Å². The van der Waals surface area contributed by atoms with Gasteiger partial charge >= 0.3 is 0 Å². The molecule has 0 unspecified atom stereocenters. The van der Waals surface area contributed by atoms with Crippen molar-refractivity contribution in [2.24, 2.45) is 0 Å². The van der Waals surface area contributed by atoms with Gasteiger partial charge in [-0.1, -0.05) is 140 Å². The van der Waals surface area contributed by atoms with E-state index in [0.29, 0.717) is 0 Å². The highest BCUT2D eigenvalue weighted by Gasteiger charge is 2.10. The highest BCUT2D eigenvalue weighted by atomic mass is 32.1. The molecular weight excluding hydrogens is 1670 g/mol. The van der Waals surface area contributed by atoms with Crippen LogP contribution in [0.1, 0.15) is 57.2 Å². The van der Waals surface area contributed by atoms with Gasteiger partial charge in [-0.05, 0) is 272 Å². The molecule has 17 heterocycles. The van der Waals surface area contributed by atoms with E-state index in [1.807, 2.05) is 244 Å². The van der Waals surface area contributed by atoms with Gasteiger partial charge in [0, 0.05) is 108 Å². The van der Waals surface area contributed by atoms with E-state index in [0.717, 1.165) is 45.7 Å². The van der Waals surface area contributed by atoms with Gasteiger partial charge in [-0.2, -0.15) is 0 Å². The number of rotatable bonds is 6. The number of fused-ring (bicyclic) bond motifs is 6. The second kappa shape index (κ2) is 44.3. The van der Waals surface area contributed by atoms with Gasteiger partial charge in [0.15, 0.2) is 0 Å². The predicted molar refractivity (Wildman–Crippen MR) is 525 cm³/mol. The van der Waals surface area contributed by atoms with Gasteiger partial charge in [-0.25, -0.2) is 0 Å². The highest BCUT2D eigenvalue weighted by molar-refractivity contribution is 7.33. The number of para-hydroxylation sites is 1. The van der Waals surface area contributed by atoms with Crippen molar-refractivity contribution in [3.63, 3.8) is 0 Å². The third-order valence-electron chi connectivity index (χ3n) is 16.8. The first-order valence-corrected chi connectivity index (χ1v) is 48.3. The summed E-state index contributed by atoms with van der Waals surface area (Å²) in [7, 11) is 0. The van der Waals surface area contributed by atoms with Crippen LogP contribution in [0.25, 0.3) is 112 Å². The molecule has 0 amide bonds. The van der Waals surface area contributed by atoms with E-state index in [1.54, 1.807) is 51.6 Å². The average molecular weight is 1760 g/mol. The van der Waals surface area contributed by atoms with Gasteiger partial charge in [-0.3, -0.25) is 0 Å². The first-order valence-electron chi connectivity index (χ1n) is 37.4. The molecule has 0 fully saturated rings. The zero-order chi connectivity index (χ0) is 81.0. The van der Waals surface area contributed by atoms with Crippen molar-refractivity contribution in [2.45, 2.75) is 76.2 Å². The van der Waals surface area contributed by atoms with E-state index < -0.39 is 0 Å². The van der Waals surface area contributed by atoms with Crippen molar-refractivity contribution in [3.05, 3.63) is 388 Å². The number of benzene rings is 5. The minimum atomic E-state index is 0.938. The third kappa shape index (κ3) is 26.3. The minimum absolute atomic E-state index is 0.938. The molecule has 0 atom stereocenters. The molecule has 0 aliphatic heterocycles. The molecule has 0 N–H and O–H groups in total. The molecule has 4 nitrogen and oxygen atoms in total. The number of hydrogen-bond donors (Lipinski definition) is 0. The van der Waals surface area contributed by atoms with Crippen LogP contribution in [0, 0.1) is 76.2 Å². The molecule has 586 valence electrons. The molecule has 0 radical (unpaired) electrons. The lowest BCUT2D eigenvalue weighted by Gasteiger charge is -1.93. The summed E-state index contributed by atoms with van der Waals surface area (Å²) in [5, 5.41) is 14.5. The molecule has 22 aromatic rings. The number of hydrogen-bond acceptors (Lipinski definition) is 17. The Morgan fingerprint density at radius 1 is 0.216 bits per heavy atom. The lowest BCUT2D eigenvalue weighted by molar-refractivity contribution is 0.534. The molecule has 0 bridgehead atoms. The Balaban J connectivity index is 0.000000119. The van der Waals surface area contributed by atoms with E-state index in [9.17, 15) is 0 Å². The molecule has 22 rings (SSSR count). The quantitative estimate of drug-likeness (QED) is 0.166. The van der Waals surface area contributed by atoms with E-state index >= 15 is 0 Å². The van der Waals surface area contributed by atoms with E-state index in [4.69, 9.17) is 17.7 Å². The van der Waals surface area contributed by atoms with Crippen LogP contribution in [0.15, 0.2) is 348 Å². The van der Waals surface area contributed by atoms with Crippen LogP contribution in [0.5, 0.6) is 0 Å².